The maximum atomic E-state index is 13.6. The molecular formula is C23H24N2O7S. The quantitative estimate of drug-likeness (QED) is 0.570. The molecule has 9 nitrogen and oxygen atoms in total. The minimum atomic E-state index is -4.06. The van der Waals surface area contributed by atoms with Crippen LogP contribution in [0.5, 0.6) is 5.75 Å². The topological polar surface area (TPSA) is 110 Å². The summed E-state index contributed by atoms with van der Waals surface area (Å²) >= 11 is 0. The number of nitrogens with zero attached hydrogens (tertiary/aromatic N) is 2. The monoisotopic (exact) mass is 472 g/mol. The molecule has 0 saturated carbocycles. The molecule has 0 unspecified atom stereocenters. The molecule has 2 aromatic rings. The van der Waals surface area contributed by atoms with Crippen LogP contribution in [0.15, 0.2) is 59.5 Å². The smallest absolute Gasteiger partial charge is 0.423 e. The zero-order chi connectivity index (χ0) is 24.0. The highest BCUT2D eigenvalue weighted by Gasteiger charge is 2.69. The number of hydrogen-bond acceptors (Lipinski definition) is 7. The number of anilines is 1. The average molecular weight is 473 g/mol. The van der Waals surface area contributed by atoms with E-state index in [1.807, 2.05) is 0 Å². The lowest BCUT2D eigenvalue weighted by Crippen LogP contribution is -2.74. The Morgan fingerprint density at radius 3 is 2.12 bits per heavy atom. The van der Waals surface area contributed by atoms with Crippen molar-refractivity contribution in [3.63, 3.8) is 0 Å². The van der Waals surface area contributed by atoms with Gasteiger partial charge in [-0.1, -0.05) is 32.0 Å². The van der Waals surface area contributed by atoms with E-state index in [1.165, 1.54) is 31.4 Å². The molecule has 0 radical (unpaired) electrons. The summed E-state index contributed by atoms with van der Waals surface area (Å²) in [5.74, 6) is -0.828. The maximum absolute atomic E-state index is 13.6. The molecule has 2 fully saturated rings. The number of methoxy groups -OCH3 is 1. The van der Waals surface area contributed by atoms with Crippen molar-refractivity contribution in [2.45, 2.75) is 43.2 Å². The van der Waals surface area contributed by atoms with Crippen molar-refractivity contribution < 1.29 is 32.3 Å². The van der Waals surface area contributed by atoms with Crippen molar-refractivity contribution >= 4 is 33.4 Å². The predicted molar refractivity (Wildman–Crippen MR) is 118 cm³/mol. The fraction of sp³-hybridized carbons (Fsp3) is 0.348. The third-order valence-electron chi connectivity index (χ3n) is 6.42. The molecule has 174 valence electrons. The Morgan fingerprint density at radius 2 is 1.58 bits per heavy atom. The van der Waals surface area contributed by atoms with Gasteiger partial charge >= 0.3 is 6.09 Å². The summed E-state index contributed by atoms with van der Waals surface area (Å²) < 4.78 is 37.5. The van der Waals surface area contributed by atoms with Crippen molar-refractivity contribution in [3.8, 4) is 5.75 Å². The van der Waals surface area contributed by atoms with Crippen LogP contribution in [0, 0.1) is 5.41 Å². The highest BCUT2D eigenvalue weighted by molar-refractivity contribution is 7.92. The number of hydrogen-bond donors (Lipinski definition) is 0. The molecule has 2 heterocycles. The molecule has 2 aromatic carbocycles. The van der Waals surface area contributed by atoms with E-state index in [-0.39, 0.29) is 23.4 Å². The van der Waals surface area contributed by atoms with E-state index in [9.17, 15) is 22.8 Å². The molecule has 0 spiro atoms. The predicted octanol–water partition coefficient (Wildman–Crippen LogP) is 2.95. The van der Waals surface area contributed by atoms with Gasteiger partial charge < -0.3 is 9.47 Å². The second-order valence-corrected chi connectivity index (χ2v) is 9.90. The number of carbonyl (C=O) groups excluding carboxylic acids is 3. The van der Waals surface area contributed by atoms with Crippen LogP contribution < -0.4 is 9.64 Å². The van der Waals surface area contributed by atoms with Crippen molar-refractivity contribution in [3.05, 3.63) is 54.6 Å². The Kier molecular flexibility index (Phi) is 5.65. The fourth-order valence-electron chi connectivity index (χ4n) is 4.52. The van der Waals surface area contributed by atoms with Gasteiger partial charge in [0.15, 0.2) is 5.37 Å². The molecule has 4 rings (SSSR count). The number of carbonyl (C=O) groups is 3. The number of benzene rings is 2. The van der Waals surface area contributed by atoms with E-state index >= 15 is 0 Å². The van der Waals surface area contributed by atoms with Gasteiger partial charge in [0.2, 0.25) is 15.7 Å². The van der Waals surface area contributed by atoms with E-state index in [4.69, 9.17) is 9.47 Å². The summed E-state index contributed by atoms with van der Waals surface area (Å²) in [6.45, 7) is 3.47. The Bertz CT molecular complexity index is 1190. The summed E-state index contributed by atoms with van der Waals surface area (Å²) in [6.07, 6.45) is -2.13. The summed E-state index contributed by atoms with van der Waals surface area (Å²) in [7, 11) is -2.58. The normalized spacial score (nSPS) is 22.2. The van der Waals surface area contributed by atoms with E-state index in [0.717, 1.165) is 9.80 Å². The van der Waals surface area contributed by atoms with Gasteiger partial charge in [-0.05, 0) is 49.2 Å². The zero-order valence-electron chi connectivity index (χ0n) is 18.4. The molecular weight excluding hydrogens is 448 g/mol. The first-order valence-electron chi connectivity index (χ1n) is 10.5. The van der Waals surface area contributed by atoms with Gasteiger partial charge in [0.05, 0.1) is 23.1 Å². The lowest BCUT2D eigenvalue weighted by molar-refractivity contribution is -0.183. The first kappa shape index (κ1) is 22.8. The van der Waals surface area contributed by atoms with E-state index < -0.39 is 44.8 Å². The standard InChI is InChI=1S/C23H24N2O7S/c1-4-23(5-2)20(27)25(21(23)33(29,30)17-9-7-6-8-10-17)19-18(26)24(22(28)32-19)15-11-13-16(31-3)14-12-15/h6-14,19,21H,4-5H2,1-3H3/t19-,21+/m0/s1. The summed E-state index contributed by atoms with van der Waals surface area (Å²) in [6, 6.07) is 13.9. The van der Waals surface area contributed by atoms with Crippen molar-refractivity contribution in [2.75, 3.05) is 12.0 Å². The highest BCUT2D eigenvalue weighted by atomic mass is 32.2. The highest BCUT2D eigenvalue weighted by Crippen LogP contribution is 2.51. The third kappa shape index (κ3) is 3.28. The molecule has 2 saturated heterocycles. The van der Waals surface area contributed by atoms with Crippen molar-refractivity contribution in [2.24, 2.45) is 5.41 Å². The van der Waals surface area contributed by atoms with Crippen LogP contribution in [0.4, 0.5) is 10.5 Å². The molecule has 10 heteroatoms. The van der Waals surface area contributed by atoms with Crippen LogP contribution in [0.3, 0.4) is 0 Å². The molecule has 2 aliphatic heterocycles. The molecule has 33 heavy (non-hydrogen) atoms. The maximum Gasteiger partial charge on any atom is 0.423 e. The first-order valence-corrected chi connectivity index (χ1v) is 12.1. The number of sulfone groups is 1. The van der Waals surface area contributed by atoms with Gasteiger partial charge in [0.25, 0.3) is 12.1 Å². The largest absolute Gasteiger partial charge is 0.497 e. The minimum absolute atomic E-state index is 0.0301. The van der Waals surface area contributed by atoms with Gasteiger partial charge in [-0.25, -0.2) is 18.1 Å². The molecule has 2 atom stereocenters. The van der Waals surface area contributed by atoms with Gasteiger partial charge in [-0.2, -0.15) is 0 Å². The number of rotatable bonds is 7. The second kappa shape index (κ2) is 8.18. The number of amides is 3. The number of ether oxygens (including phenoxy) is 2. The van der Waals surface area contributed by atoms with Gasteiger partial charge in [0.1, 0.15) is 5.75 Å². The lowest BCUT2D eigenvalue weighted by Gasteiger charge is -2.55. The Balaban J connectivity index is 1.73. The number of β-lactam (4-membered cyclic amide) rings is 1. The van der Waals surface area contributed by atoms with Crippen LogP contribution in [-0.2, 0) is 24.2 Å². The number of likely N-dealkylation sites (tertiary alicyclic amines) is 1. The first-order chi connectivity index (χ1) is 15.7. The van der Waals surface area contributed by atoms with E-state index in [0.29, 0.717) is 5.75 Å². The van der Waals surface area contributed by atoms with Gasteiger partial charge in [0, 0.05) is 0 Å². The molecule has 0 aliphatic carbocycles. The molecule has 2 aliphatic rings. The zero-order valence-corrected chi connectivity index (χ0v) is 19.2. The second-order valence-electron chi connectivity index (χ2n) is 7.89. The van der Waals surface area contributed by atoms with Crippen molar-refractivity contribution in [1.82, 2.24) is 4.90 Å². The summed E-state index contributed by atoms with van der Waals surface area (Å²) in [5.41, 5.74) is -0.990. The van der Waals surface area contributed by atoms with Crippen molar-refractivity contribution in [1.29, 1.82) is 0 Å². The SMILES string of the molecule is CCC1(CC)C(=O)N([C@H]2OC(=O)N(c3ccc(OC)cc3)C2=O)[C@@H]1S(=O)(=O)c1ccccc1. The van der Waals surface area contributed by atoms with Crippen LogP contribution >= 0.6 is 0 Å². The lowest BCUT2D eigenvalue weighted by atomic mass is 9.73. The molecule has 3 amide bonds. The van der Waals surface area contributed by atoms with Gasteiger partial charge in [-0.3, -0.25) is 14.5 Å². The van der Waals surface area contributed by atoms with E-state index in [2.05, 4.69) is 0 Å². The number of cyclic esters (lactones) is 1. The van der Waals surface area contributed by atoms with Crippen LogP contribution in [0.25, 0.3) is 0 Å². The van der Waals surface area contributed by atoms with Crippen LogP contribution in [0.2, 0.25) is 0 Å². The minimum Gasteiger partial charge on any atom is -0.497 e. The fourth-order valence-corrected chi connectivity index (χ4v) is 6.85. The third-order valence-corrected chi connectivity index (χ3v) is 8.62. The Morgan fingerprint density at radius 1 is 0.970 bits per heavy atom. The van der Waals surface area contributed by atoms with Gasteiger partial charge in [-0.15, -0.1) is 0 Å². The Labute approximate surface area is 191 Å². The van der Waals surface area contributed by atoms with Crippen LogP contribution in [0.1, 0.15) is 26.7 Å². The Hall–Kier alpha value is -3.40. The molecule has 0 aromatic heterocycles. The summed E-state index contributed by atoms with van der Waals surface area (Å²) in [5, 5.41) is -1.34. The van der Waals surface area contributed by atoms with E-state index in [1.54, 1.807) is 44.2 Å². The summed E-state index contributed by atoms with van der Waals surface area (Å²) in [4.78, 5) is 40.8. The number of imide groups is 1. The molecule has 0 N–H and O–H groups in total. The molecule has 0 bridgehead atoms. The van der Waals surface area contributed by atoms with Crippen LogP contribution in [-0.4, -0.2) is 49.9 Å². The average Bonchev–Trinajstić information content (AvgIpc) is 3.12.